The molecule has 1 atom stereocenters. The predicted molar refractivity (Wildman–Crippen MR) is 78.2 cm³/mol. The van der Waals surface area contributed by atoms with Crippen molar-refractivity contribution in [1.29, 1.82) is 0 Å². The molecule has 3 N–H and O–H groups in total. The van der Waals surface area contributed by atoms with E-state index < -0.39 is 15.1 Å². The molecular formula is C13H17N3O3S. The maximum absolute atomic E-state index is 11.8. The fourth-order valence-corrected chi connectivity index (χ4v) is 2.61. The number of aromatic amines is 1. The molecule has 1 aromatic carbocycles. The van der Waals surface area contributed by atoms with Gasteiger partial charge in [0.05, 0.1) is 18.4 Å². The van der Waals surface area contributed by atoms with Gasteiger partial charge in [0.25, 0.3) is 0 Å². The second kappa shape index (κ2) is 5.16. The Hall–Kier alpha value is -2.02. The third kappa shape index (κ3) is 2.49. The van der Waals surface area contributed by atoms with Crippen molar-refractivity contribution < 1.29 is 13.2 Å². The van der Waals surface area contributed by atoms with E-state index in [-0.39, 0.29) is 5.82 Å². The van der Waals surface area contributed by atoms with Crippen molar-refractivity contribution in [1.82, 2.24) is 10.2 Å². The van der Waals surface area contributed by atoms with E-state index in [1.54, 1.807) is 20.1 Å². The SMILES string of the molecule is COc1ccccc1-c1c(N)n[nH]c1C(C)S(C)(=O)=O. The number of para-hydroxylation sites is 1. The molecule has 108 valence electrons. The Balaban J connectivity index is 2.67. The number of nitrogens with one attached hydrogen (secondary N) is 1. The number of benzene rings is 1. The lowest BCUT2D eigenvalue weighted by Gasteiger charge is -2.13. The molecule has 2 aromatic rings. The van der Waals surface area contributed by atoms with Gasteiger partial charge in [-0.05, 0) is 13.0 Å². The molecule has 1 aromatic heterocycles. The zero-order chi connectivity index (χ0) is 14.9. The maximum atomic E-state index is 11.8. The van der Waals surface area contributed by atoms with Crippen LogP contribution in [0.15, 0.2) is 24.3 Å². The molecule has 0 aliphatic carbocycles. The third-order valence-corrected chi connectivity index (χ3v) is 4.77. The summed E-state index contributed by atoms with van der Waals surface area (Å²) in [6, 6.07) is 7.27. The van der Waals surface area contributed by atoms with Gasteiger partial charge in [0.1, 0.15) is 11.0 Å². The Morgan fingerprint density at radius 3 is 2.60 bits per heavy atom. The van der Waals surface area contributed by atoms with Crippen molar-refractivity contribution in [3.8, 4) is 16.9 Å². The van der Waals surface area contributed by atoms with Crippen LogP contribution >= 0.6 is 0 Å². The van der Waals surface area contributed by atoms with E-state index >= 15 is 0 Å². The lowest BCUT2D eigenvalue weighted by atomic mass is 10.0. The summed E-state index contributed by atoms with van der Waals surface area (Å²) in [4.78, 5) is 0. The topological polar surface area (TPSA) is 98.1 Å². The lowest BCUT2D eigenvalue weighted by Crippen LogP contribution is -2.09. The summed E-state index contributed by atoms with van der Waals surface area (Å²) in [5.41, 5.74) is 7.64. The van der Waals surface area contributed by atoms with Gasteiger partial charge in [-0.1, -0.05) is 18.2 Å². The van der Waals surface area contributed by atoms with Gasteiger partial charge in [-0.3, -0.25) is 5.10 Å². The molecule has 0 bridgehead atoms. The number of nitrogen functional groups attached to an aromatic ring is 1. The molecule has 6 nitrogen and oxygen atoms in total. The van der Waals surface area contributed by atoms with E-state index in [1.165, 1.54) is 6.26 Å². The Morgan fingerprint density at radius 2 is 2.00 bits per heavy atom. The van der Waals surface area contributed by atoms with E-state index in [2.05, 4.69) is 10.2 Å². The number of hydrogen-bond acceptors (Lipinski definition) is 5. The highest BCUT2D eigenvalue weighted by Gasteiger charge is 2.26. The average molecular weight is 295 g/mol. The molecule has 0 radical (unpaired) electrons. The van der Waals surface area contributed by atoms with E-state index in [0.29, 0.717) is 22.6 Å². The molecule has 0 amide bonds. The van der Waals surface area contributed by atoms with Crippen LogP contribution in [0.25, 0.3) is 11.1 Å². The van der Waals surface area contributed by atoms with Crippen LogP contribution in [-0.2, 0) is 9.84 Å². The summed E-state index contributed by atoms with van der Waals surface area (Å²) in [7, 11) is -1.71. The van der Waals surface area contributed by atoms with E-state index in [9.17, 15) is 8.42 Å². The van der Waals surface area contributed by atoms with Gasteiger partial charge < -0.3 is 10.5 Å². The quantitative estimate of drug-likeness (QED) is 0.895. The van der Waals surface area contributed by atoms with E-state index in [0.717, 1.165) is 0 Å². The van der Waals surface area contributed by atoms with Crippen molar-refractivity contribution in [3.05, 3.63) is 30.0 Å². The second-order valence-corrected chi connectivity index (χ2v) is 6.94. The maximum Gasteiger partial charge on any atom is 0.155 e. The monoisotopic (exact) mass is 295 g/mol. The molecule has 0 saturated carbocycles. The summed E-state index contributed by atoms with van der Waals surface area (Å²) in [6.45, 7) is 1.60. The summed E-state index contributed by atoms with van der Waals surface area (Å²) in [6.07, 6.45) is 1.18. The van der Waals surface area contributed by atoms with E-state index in [4.69, 9.17) is 10.5 Å². The molecular weight excluding hydrogens is 278 g/mol. The van der Waals surface area contributed by atoms with Gasteiger partial charge in [-0.2, -0.15) is 5.10 Å². The van der Waals surface area contributed by atoms with Crippen LogP contribution in [0.3, 0.4) is 0 Å². The standard InChI is InChI=1S/C13H17N3O3S/c1-8(20(3,17)18)12-11(13(14)16-15-12)9-6-4-5-7-10(9)19-2/h4-8H,1-3H3,(H3,14,15,16). The minimum atomic E-state index is -3.26. The summed E-state index contributed by atoms with van der Waals surface area (Å²) >= 11 is 0. The van der Waals surface area contributed by atoms with Gasteiger partial charge >= 0.3 is 0 Å². The first-order valence-electron chi connectivity index (χ1n) is 6.02. The van der Waals surface area contributed by atoms with Crippen LogP contribution in [0.1, 0.15) is 17.9 Å². The van der Waals surface area contributed by atoms with Crippen LogP contribution in [0.4, 0.5) is 5.82 Å². The fourth-order valence-electron chi connectivity index (χ4n) is 2.01. The van der Waals surface area contributed by atoms with Crippen molar-refractivity contribution >= 4 is 15.7 Å². The van der Waals surface area contributed by atoms with Crippen molar-refractivity contribution in [2.45, 2.75) is 12.2 Å². The number of aromatic nitrogens is 2. The highest BCUT2D eigenvalue weighted by Crippen LogP contribution is 2.38. The molecule has 1 heterocycles. The predicted octanol–water partition coefficient (Wildman–Crippen LogP) is 1.77. The molecule has 20 heavy (non-hydrogen) atoms. The highest BCUT2D eigenvalue weighted by molar-refractivity contribution is 7.90. The van der Waals surface area contributed by atoms with Crippen molar-refractivity contribution in [2.24, 2.45) is 0 Å². The number of sulfone groups is 1. The molecule has 7 heteroatoms. The lowest BCUT2D eigenvalue weighted by molar-refractivity contribution is 0.416. The first-order chi connectivity index (χ1) is 9.36. The molecule has 0 fully saturated rings. The van der Waals surface area contributed by atoms with Crippen molar-refractivity contribution in [2.75, 3.05) is 19.1 Å². The minimum absolute atomic E-state index is 0.250. The van der Waals surface area contributed by atoms with Crippen LogP contribution in [0.5, 0.6) is 5.75 Å². The fraction of sp³-hybridized carbons (Fsp3) is 0.308. The Morgan fingerprint density at radius 1 is 1.35 bits per heavy atom. The van der Waals surface area contributed by atoms with Gasteiger partial charge in [-0.25, -0.2) is 8.42 Å². The first kappa shape index (κ1) is 14.4. The molecule has 0 saturated heterocycles. The minimum Gasteiger partial charge on any atom is -0.496 e. The van der Waals surface area contributed by atoms with Crippen LogP contribution < -0.4 is 10.5 Å². The molecule has 0 spiro atoms. The Bertz CT molecular complexity index is 722. The van der Waals surface area contributed by atoms with Gasteiger partial charge in [-0.15, -0.1) is 0 Å². The molecule has 2 rings (SSSR count). The van der Waals surface area contributed by atoms with Gasteiger partial charge in [0, 0.05) is 11.8 Å². The number of H-pyrrole nitrogens is 1. The number of hydrogen-bond donors (Lipinski definition) is 2. The summed E-state index contributed by atoms with van der Waals surface area (Å²) in [5.74, 6) is 0.863. The number of rotatable bonds is 4. The number of ether oxygens (including phenoxy) is 1. The smallest absolute Gasteiger partial charge is 0.155 e. The third-order valence-electron chi connectivity index (χ3n) is 3.25. The average Bonchev–Trinajstić information content (AvgIpc) is 2.78. The largest absolute Gasteiger partial charge is 0.496 e. The summed E-state index contributed by atoms with van der Waals surface area (Å²) < 4.78 is 28.8. The van der Waals surface area contributed by atoms with Gasteiger partial charge in [0.15, 0.2) is 15.7 Å². The van der Waals surface area contributed by atoms with Crippen LogP contribution in [-0.4, -0.2) is 32.0 Å². The molecule has 1 unspecified atom stereocenters. The van der Waals surface area contributed by atoms with Crippen molar-refractivity contribution in [3.63, 3.8) is 0 Å². The molecule has 0 aliphatic rings. The summed E-state index contributed by atoms with van der Waals surface area (Å²) in [5, 5.41) is 5.93. The van der Waals surface area contributed by atoms with E-state index in [1.807, 2.05) is 18.2 Å². The number of anilines is 1. The van der Waals surface area contributed by atoms with Crippen LogP contribution in [0.2, 0.25) is 0 Å². The Kier molecular flexibility index (Phi) is 3.71. The van der Waals surface area contributed by atoms with Crippen LogP contribution in [0, 0.1) is 0 Å². The number of nitrogens with two attached hydrogens (primary N) is 1. The Labute approximate surface area is 117 Å². The highest BCUT2D eigenvalue weighted by atomic mass is 32.2. The van der Waals surface area contributed by atoms with Gasteiger partial charge in [0.2, 0.25) is 0 Å². The normalized spacial score (nSPS) is 13.2. The number of methoxy groups -OCH3 is 1. The second-order valence-electron chi connectivity index (χ2n) is 4.57. The number of nitrogens with zero attached hydrogens (tertiary/aromatic N) is 1. The zero-order valence-corrected chi connectivity index (χ0v) is 12.4. The first-order valence-corrected chi connectivity index (χ1v) is 7.97. The molecule has 0 aliphatic heterocycles. The zero-order valence-electron chi connectivity index (χ0n) is 11.5.